The second-order valence-corrected chi connectivity index (χ2v) is 7.43. The van der Waals surface area contributed by atoms with E-state index >= 15 is 0 Å². The Hall–Kier alpha value is -0.430. The molecule has 1 unspecified atom stereocenters. The molecule has 0 aromatic carbocycles. The van der Waals surface area contributed by atoms with Gasteiger partial charge in [-0.05, 0) is 29.3 Å². The average molecular weight is 275 g/mol. The highest BCUT2D eigenvalue weighted by Crippen LogP contribution is 2.29. The molecular formula is C11H17NO3S2. The van der Waals surface area contributed by atoms with Crippen LogP contribution in [0.25, 0.3) is 0 Å². The van der Waals surface area contributed by atoms with Crippen LogP contribution in [0, 0.1) is 5.92 Å². The molecule has 1 saturated heterocycles. The maximum atomic E-state index is 12.3. The van der Waals surface area contributed by atoms with E-state index in [0.29, 0.717) is 28.8 Å². The van der Waals surface area contributed by atoms with Crippen molar-refractivity contribution in [3.05, 3.63) is 17.0 Å². The van der Waals surface area contributed by atoms with E-state index in [1.54, 1.807) is 15.8 Å². The molecule has 1 fully saturated rings. The molecule has 1 N–H and O–H groups in total. The van der Waals surface area contributed by atoms with Gasteiger partial charge in [0.1, 0.15) is 4.21 Å². The molecule has 0 amide bonds. The quantitative estimate of drug-likeness (QED) is 0.909. The Labute approximate surface area is 106 Å². The number of aliphatic hydroxyl groups is 1. The fraction of sp³-hybridized carbons (Fsp3) is 0.636. The Bertz CT molecular complexity index is 481. The number of aliphatic hydroxyl groups excluding tert-OH is 1. The molecule has 1 aromatic heterocycles. The minimum Gasteiger partial charge on any atom is -0.392 e. The number of hydrogen-bond acceptors (Lipinski definition) is 4. The average Bonchev–Trinajstić information content (AvgIpc) is 2.98. The zero-order chi connectivity index (χ0) is 12.5. The molecule has 2 heterocycles. The van der Waals surface area contributed by atoms with Gasteiger partial charge < -0.3 is 5.11 Å². The van der Waals surface area contributed by atoms with Crippen molar-refractivity contribution in [1.29, 1.82) is 0 Å². The van der Waals surface area contributed by atoms with Crippen molar-refractivity contribution < 1.29 is 13.5 Å². The lowest BCUT2D eigenvalue weighted by Crippen LogP contribution is -2.28. The summed E-state index contributed by atoms with van der Waals surface area (Å²) in [6, 6.07) is 1.57. The van der Waals surface area contributed by atoms with Crippen molar-refractivity contribution in [2.45, 2.75) is 30.6 Å². The summed E-state index contributed by atoms with van der Waals surface area (Å²) in [5.41, 5.74) is 0.666. The molecule has 96 valence electrons. The van der Waals surface area contributed by atoms with Crippen LogP contribution in [-0.4, -0.2) is 30.9 Å². The Morgan fingerprint density at radius 3 is 2.88 bits per heavy atom. The highest BCUT2D eigenvalue weighted by molar-refractivity contribution is 7.91. The van der Waals surface area contributed by atoms with Crippen molar-refractivity contribution in [3.63, 3.8) is 0 Å². The summed E-state index contributed by atoms with van der Waals surface area (Å²) in [5.74, 6) is 0.488. The minimum absolute atomic E-state index is 0.108. The summed E-state index contributed by atoms with van der Waals surface area (Å²) in [7, 11) is -3.33. The molecule has 2 rings (SSSR count). The SMILES string of the molecule is CCC1CCN(S(=O)(=O)c2cc(CO)cs2)C1. The van der Waals surface area contributed by atoms with Crippen molar-refractivity contribution in [3.8, 4) is 0 Å². The van der Waals surface area contributed by atoms with E-state index in [4.69, 9.17) is 5.11 Å². The normalized spacial score (nSPS) is 22.1. The highest BCUT2D eigenvalue weighted by Gasteiger charge is 2.32. The molecule has 1 aromatic rings. The first-order valence-corrected chi connectivity index (χ1v) is 8.08. The van der Waals surface area contributed by atoms with E-state index in [2.05, 4.69) is 6.92 Å². The van der Waals surface area contributed by atoms with Crippen LogP contribution < -0.4 is 0 Å². The predicted octanol–water partition coefficient (Wildman–Crippen LogP) is 1.66. The summed E-state index contributed by atoms with van der Waals surface area (Å²) in [5, 5.41) is 10.7. The number of nitrogens with zero attached hydrogens (tertiary/aromatic N) is 1. The smallest absolute Gasteiger partial charge is 0.252 e. The van der Waals surface area contributed by atoms with Crippen LogP contribution >= 0.6 is 11.3 Å². The standard InChI is InChI=1S/C11H17NO3S2/c1-2-9-3-4-12(6-9)17(14,15)11-5-10(7-13)8-16-11/h5,8-9,13H,2-4,6-7H2,1H3. The molecule has 4 nitrogen and oxygen atoms in total. The molecular weight excluding hydrogens is 258 g/mol. The number of sulfonamides is 1. The van der Waals surface area contributed by atoms with Gasteiger partial charge in [-0.2, -0.15) is 4.31 Å². The van der Waals surface area contributed by atoms with Crippen molar-refractivity contribution in [2.24, 2.45) is 5.92 Å². The van der Waals surface area contributed by atoms with Gasteiger partial charge in [0.2, 0.25) is 0 Å². The third-order valence-corrected chi connectivity index (χ3v) is 6.56. The van der Waals surface area contributed by atoms with Crippen LogP contribution in [-0.2, 0) is 16.6 Å². The Morgan fingerprint density at radius 1 is 1.59 bits per heavy atom. The third kappa shape index (κ3) is 2.54. The fourth-order valence-corrected chi connectivity index (χ4v) is 4.93. The second-order valence-electron chi connectivity index (χ2n) is 4.36. The summed E-state index contributed by atoms with van der Waals surface area (Å²) in [6.45, 7) is 3.23. The minimum atomic E-state index is -3.33. The number of hydrogen-bond donors (Lipinski definition) is 1. The van der Waals surface area contributed by atoms with Crippen molar-refractivity contribution in [2.75, 3.05) is 13.1 Å². The highest BCUT2D eigenvalue weighted by atomic mass is 32.2. The van der Waals surface area contributed by atoms with Gasteiger partial charge in [0.05, 0.1) is 6.61 Å². The first-order chi connectivity index (χ1) is 8.07. The largest absolute Gasteiger partial charge is 0.392 e. The molecule has 0 saturated carbocycles. The van der Waals surface area contributed by atoms with Crippen LogP contribution in [0.3, 0.4) is 0 Å². The Morgan fingerprint density at radius 2 is 2.35 bits per heavy atom. The third-order valence-electron chi connectivity index (χ3n) is 3.23. The van der Waals surface area contributed by atoms with Gasteiger partial charge in [-0.3, -0.25) is 0 Å². The summed E-state index contributed by atoms with van der Waals surface area (Å²) < 4.78 is 26.5. The van der Waals surface area contributed by atoms with E-state index in [-0.39, 0.29) is 6.61 Å². The molecule has 1 aliphatic rings. The predicted molar refractivity (Wildman–Crippen MR) is 67.4 cm³/mol. The van der Waals surface area contributed by atoms with Crippen LogP contribution in [0.1, 0.15) is 25.3 Å². The summed E-state index contributed by atoms with van der Waals surface area (Å²) in [6.07, 6.45) is 1.98. The van der Waals surface area contributed by atoms with Gasteiger partial charge in [0, 0.05) is 13.1 Å². The first kappa shape index (κ1) is 13.0. The maximum absolute atomic E-state index is 12.3. The van der Waals surface area contributed by atoms with Gasteiger partial charge in [-0.25, -0.2) is 8.42 Å². The van der Waals surface area contributed by atoms with Gasteiger partial charge in [-0.15, -0.1) is 11.3 Å². The lowest BCUT2D eigenvalue weighted by molar-refractivity contribution is 0.282. The molecule has 0 aliphatic carbocycles. The summed E-state index contributed by atoms with van der Waals surface area (Å²) >= 11 is 1.19. The Kier molecular flexibility index (Phi) is 3.87. The Balaban J connectivity index is 2.19. The van der Waals surface area contributed by atoms with E-state index in [9.17, 15) is 8.42 Å². The lowest BCUT2D eigenvalue weighted by Gasteiger charge is -2.14. The zero-order valence-corrected chi connectivity index (χ0v) is 11.4. The van der Waals surface area contributed by atoms with Crippen LogP contribution in [0.15, 0.2) is 15.7 Å². The van der Waals surface area contributed by atoms with Crippen LogP contribution in [0.5, 0.6) is 0 Å². The molecule has 0 radical (unpaired) electrons. The molecule has 1 atom stereocenters. The van der Waals surface area contributed by atoms with E-state index in [1.807, 2.05) is 0 Å². The van der Waals surface area contributed by atoms with Crippen molar-refractivity contribution >= 4 is 21.4 Å². The number of thiophene rings is 1. The monoisotopic (exact) mass is 275 g/mol. The molecule has 6 heteroatoms. The number of rotatable bonds is 4. The van der Waals surface area contributed by atoms with Crippen LogP contribution in [0.2, 0.25) is 0 Å². The van der Waals surface area contributed by atoms with Crippen molar-refractivity contribution in [1.82, 2.24) is 4.31 Å². The van der Waals surface area contributed by atoms with E-state index in [0.717, 1.165) is 12.8 Å². The second kappa shape index (κ2) is 5.06. The first-order valence-electron chi connectivity index (χ1n) is 5.76. The topological polar surface area (TPSA) is 57.6 Å². The molecule has 0 spiro atoms. The van der Waals surface area contributed by atoms with E-state index < -0.39 is 10.0 Å². The molecule has 0 bridgehead atoms. The maximum Gasteiger partial charge on any atom is 0.252 e. The van der Waals surface area contributed by atoms with E-state index in [1.165, 1.54) is 11.3 Å². The fourth-order valence-electron chi connectivity index (χ4n) is 2.05. The summed E-state index contributed by atoms with van der Waals surface area (Å²) in [4.78, 5) is 0. The van der Waals surface area contributed by atoms with Gasteiger partial charge >= 0.3 is 0 Å². The lowest BCUT2D eigenvalue weighted by atomic mass is 10.1. The zero-order valence-electron chi connectivity index (χ0n) is 9.80. The van der Waals surface area contributed by atoms with Gasteiger partial charge in [0.25, 0.3) is 10.0 Å². The van der Waals surface area contributed by atoms with Gasteiger partial charge in [0.15, 0.2) is 0 Å². The molecule has 17 heavy (non-hydrogen) atoms. The van der Waals surface area contributed by atoms with Gasteiger partial charge in [-0.1, -0.05) is 13.3 Å². The van der Waals surface area contributed by atoms with Crippen LogP contribution in [0.4, 0.5) is 0 Å². The molecule has 1 aliphatic heterocycles.